The highest BCUT2D eigenvalue weighted by atomic mass is 16.5. The third kappa shape index (κ3) is 4.57. The van der Waals surface area contributed by atoms with E-state index in [0.717, 1.165) is 22.8 Å². The van der Waals surface area contributed by atoms with Crippen molar-refractivity contribution in [3.63, 3.8) is 0 Å². The number of hydrogen-bond donors (Lipinski definition) is 1. The van der Waals surface area contributed by atoms with Gasteiger partial charge in [0.1, 0.15) is 17.9 Å². The molecule has 3 heterocycles. The van der Waals surface area contributed by atoms with Crippen molar-refractivity contribution in [2.45, 2.75) is 19.6 Å². The smallest absolute Gasteiger partial charge is 0.251 e. The molecule has 1 N–H and O–H groups in total. The van der Waals surface area contributed by atoms with Crippen molar-refractivity contribution >= 4 is 11.7 Å². The van der Waals surface area contributed by atoms with Crippen LogP contribution in [0.1, 0.15) is 11.3 Å². The lowest BCUT2D eigenvalue weighted by atomic mass is 10.2. The third-order valence-electron chi connectivity index (χ3n) is 4.87. The number of benzene rings is 1. The van der Waals surface area contributed by atoms with Crippen molar-refractivity contribution < 1.29 is 14.3 Å². The first-order chi connectivity index (χ1) is 14.6. The molecular formula is C21H24N6O3. The van der Waals surface area contributed by atoms with E-state index in [1.807, 2.05) is 37.3 Å². The van der Waals surface area contributed by atoms with Crippen molar-refractivity contribution in [3.05, 3.63) is 60.3 Å². The molecule has 1 atom stereocenters. The first-order valence-electron chi connectivity index (χ1n) is 9.73. The number of rotatable bonds is 6. The van der Waals surface area contributed by atoms with Gasteiger partial charge in [-0.2, -0.15) is 4.98 Å². The fourth-order valence-electron chi connectivity index (χ4n) is 3.25. The molecule has 1 aliphatic rings. The van der Waals surface area contributed by atoms with Gasteiger partial charge < -0.3 is 19.7 Å². The minimum absolute atomic E-state index is 0.142. The van der Waals surface area contributed by atoms with Crippen molar-refractivity contribution in [3.8, 4) is 11.7 Å². The highest BCUT2D eigenvalue weighted by molar-refractivity contribution is 5.81. The summed E-state index contributed by atoms with van der Waals surface area (Å²) >= 11 is 0. The number of ether oxygens (including phenoxy) is 2. The Hall–Kier alpha value is -3.46. The minimum atomic E-state index is -0.566. The number of amides is 1. The quantitative estimate of drug-likeness (QED) is 0.660. The molecule has 1 aliphatic heterocycles. The van der Waals surface area contributed by atoms with Crippen LogP contribution in [0, 0.1) is 6.92 Å². The van der Waals surface area contributed by atoms with Crippen molar-refractivity contribution in [1.82, 2.24) is 24.8 Å². The van der Waals surface area contributed by atoms with Crippen LogP contribution in [0.3, 0.4) is 0 Å². The van der Waals surface area contributed by atoms with E-state index in [4.69, 9.17) is 9.47 Å². The van der Waals surface area contributed by atoms with E-state index in [0.29, 0.717) is 32.2 Å². The number of anilines is 1. The number of imidazole rings is 1. The van der Waals surface area contributed by atoms with Crippen LogP contribution in [-0.4, -0.2) is 58.3 Å². The van der Waals surface area contributed by atoms with Gasteiger partial charge in [-0.05, 0) is 24.6 Å². The average molecular weight is 408 g/mol. The summed E-state index contributed by atoms with van der Waals surface area (Å²) in [4.78, 5) is 27.9. The van der Waals surface area contributed by atoms with E-state index in [1.54, 1.807) is 30.4 Å². The summed E-state index contributed by atoms with van der Waals surface area (Å²) in [6, 6.07) is 9.51. The summed E-state index contributed by atoms with van der Waals surface area (Å²) in [5, 5.41) is 2.95. The molecule has 1 aromatic carbocycles. The molecule has 156 valence electrons. The van der Waals surface area contributed by atoms with Crippen molar-refractivity contribution in [1.29, 1.82) is 0 Å². The Balaban J connectivity index is 1.41. The number of aryl methyl sites for hydroxylation is 1. The molecule has 0 aliphatic carbocycles. The maximum atomic E-state index is 12.7. The Bertz CT molecular complexity index is 990. The Kier molecular flexibility index (Phi) is 5.89. The Morgan fingerprint density at radius 2 is 2.13 bits per heavy atom. The topological polar surface area (TPSA) is 94.4 Å². The molecule has 9 heteroatoms. The molecule has 1 unspecified atom stereocenters. The van der Waals surface area contributed by atoms with Gasteiger partial charge in [0, 0.05) is 37.2 Å². The molecule has 1 fully saturated rings. The summed E-state index contributed by atoms with van der Waals surface area (Å²) < 4.78 is 12.6. The Morgan fingerprint density at radius 1 is 1.30 bits per heavy atom. The summed E-state index contributed by atoms with van der Waals surface area (Å²) in [7, 11) is 1.63. The monoisotopic (exact) mass is 408 g/mol. The van der Waals surface area contributed by atoms with Gasteiger partial charge in [0.25, 0.3) is 5.91 Å². The molecule has 30 heavy (non-hydrogen) atoms. The molecule has 4 rings (SSSR count). The number of methoxy groups -OCH3 is 1. The molecule has 0 bridgehead atoms. The number of aromatic nitrogens is 4. The molecule has 2 aromatic heterocycles. The summed E-state index contributed by atoms with van der Waals surface area (Å²) in [5.41, 5.74) is 1.84. The van der Waals surface area contributed by atoms with E-state index in [9.17, 15) is 4.79 Å². The van der Waals surface area contributed by atoms with Crippen LogP contribution >= 0.6 is 0 Å². The van der Waals surface area contributed by atoms with Crippen LogP contribution in [-0.2, 0) is 16.1 Å². The van der Waals surface area contributed by atoms with Crippen LogP contribution in [0.15, 0.2) is 49.1 Å². The molecule has 3 aromatic rings. The molecule has 0 spiro atoms. The zero-order valence-electron chi connectivity index (χ0n) is 17.0. The zero-order valence-corrected chi connectivity index (χ0v) is 17.0. The van der Waals surface area contributed by atoms with Gasteiger partial charge in [-0.15, -0.1) is 0 Å². The van der Waals surface area contributed by atoms with Gasteiger partial charge in [-0.1, -0.05) is 12.1 Å². The maximum absolute atomic E-state index is 12.7. The predicted molar refractivity (Wildman–Crippen MR) is 111 cm³/mol. The largest absolute Gasteiger partial charge is 0.497 e. The lowest BCUT2D eigenvalue weighted by molar-refractivity contribution is -0.133. The molecule has 1 amide bonds. The van der Waals surface area contributed by atoms with Crippen LogP contribution in [0.2, 0.25) is 0 Å². The van der Waals surface area contributed by atoms with Gasteiger partial charge in [0.15, 0.2) is 6.10 Å². The second-order valence-electron chi connectivity index (χ2n) is 7.01. The van der Waals surface area contributed by atoms with Crippen molar-refractivity contribution in [2.75, 3.05) is 31.7 Å². The fourth-order valence-corrected chi connectivity index (χ4v) is 3.25. The van der Waals surface area contributed by atoms with E-state index in [2.05, 4.69) is 25.2 Å². The zero-order chi connectivity index (χ0) is 20.9. The first kappa shape index (κ1) is 19.8. The Morgan fingerprint density at radius 3 is 2.87 bits per heavy atom. The molecular weight excluding hydrogens is 384 g/mol. The summed E-state index contributed by atoms with van der Waals surface area (Å²) in [6.45, 7) is 3.88. The second kappa shape index (κ2) is 8.91. The van der Waals surface area contributed by atoms with Gasteiger partial charge in [0.05, 0.1) is 20.3 Å². The van der Waals surface area contributed by atoms with Crippen LogP contribution in [0.25, 0.3) is 5.95 Å². The number of nitrogens with zero attached hydrogens (tertiary/aromatic N) is 5. The van der Waals surface area contributed by atoms with Crippen molar-refractivity contribution in [2.24, 2.45) is 0 Å². The van der Waals surface area contributed by atoms with Crippen LogP contribution < -0.4 is 15.0 Å². The molecule has 0 saturated carbocycles. The number of hydrogen-bond acceptors (Lipinski definition) is 7. The Labute approximate surface area is 174 Å². The minimum Gasteiger partial charge on any atom is -0.497 e. The molecule has 9 nitrogen and oxygen atoms in total. The van der Waals surface area contributed by atoms with E-state index < -0.39 is 6.10 Å². The number of carbonyl (C=O) groups is 1. The number of morpholine rings is 1. The lowest BCUT2D eigenvalue weighted by Gasteiger charge is -2.33. The second-order valence-corrected chi connectivity index (χ2v) is 7.01. The SMILES string of the molecule is COc1ccc(CNC(=O)C2CN(c3cc(C)nc(-n4ccnc4)n3)CCO2)cc1. The van der Waals surface area contributed by atoms with E-state index >= 15 is 0 Å². The third-order valence-corrected chi connectivity index (χ3v) is 4.87. The normalized spacial score (nSPS) is 16.3. The summed E-state index contributed by atoms with van der Waals surface area (Å²) in [5.74, 6) is 1.96. The molecule has 0 radical (unpaired) electrons. The first-order valence-corrected chi connectivity index (χ1v) is 9.73. The number of carbonyl (C=O) groups excluding carboxylic acids is 1. The highest BCUT2D eigenvalue weighted by Gasteiger charge is 2.27. The van der Waals surface area contributed by atoms with Gasteiger partial charge in [0.2, 0.25) is 5.95 Å². The van der Waals surface area contributed by atoms with Gasteiger partial charge in [-0.3, -0.25) is 9.36 Å². The fraction of sp³-hybridized carbons (Fsp3) is 0.333. The predicted octanol–water partition coefficient (Wildman–Crippen LogP) is 1.50. The maximum Gasteiger partial charge on any atom is 0.251 e. The van der Waals surface area contributed by atoms with E-state index in [-0.39, 0.29) is 5.91 Å². The number of nitrogens with one attached hydrogen (secondary N) is 1. The van der Waals surface area contributed by atoms with Crippen LogP contribution in [0.5, 0.6) is 5.75 Å². The van der Waals surface area contributed by atoms with Gasteiger partial charge in [-0.25, -0.2) is 9.97 Å². The molecule has 1 saturated heterocycles. The average Bonchev–Trinajstić information content (AvgIpc) is 3.32. The highest BCUT2D eigenvalue weighted by Crippen LogP contribution is 2.18. The summed E-state index contributed by atoms with van der Waals surface area (Å²) in [6.07, 6.45) is 4.58. The lowest BCUT2D eigenvalue weighted by Crippen LogP contribution is -2.50. The van der Waals surface area contributed by atoms with Gasteiger partial charge >= 0.3 is 0 Å². The standard InChI is InChI=1S/C21H24N6O3/c1-15-11-19(25-21(24-15)27-8-7-22-14-27)26-9-10-30-18(13-26)20(28)23-12-16-3-5-17(29-2)6-4-16/h3-8,11,14,18H,9-10,12-13H2,1-2H3,(H,23,28). The van der Waals surface area contributed by atoms with Crippen LogP contribution in [0.4, 0.5) is 5.82 Å². The van der Waals surface area contributed by atoms with E-state index in [1.165, 1.54) is 0 Å².